The van der Waals surface area contributed by atoms with Gasteiger partial charge in [-0.05, 0) is 0 Å². The largest absolute Gasteiger partial charge is 0.492 e. The van der Waals surface area contributed by atoms with E-state index in [4.69, 9.17) is 10.2 Å². The highest BCUT2D eigenvalue weighted by Gasteiger charge is 2.10. The molecule has 13 heavy (non-hydrogen) atoms. The van der Waals surface area contributed by atoms with Gasteiger partial charge in [-0.1, -0.05) is 22.6 Å². The van der Waals surface area contributed by atoms with E-state index in [-0.39, 0.29) is 18.2 Å². The third kappa shape index (κ3) is 2.51. The van der Waals surface area contributed by atoms with Gasteiger partial charge in [0.15, 0.2) is 0 Å². The summed E-state index contributed by atoms with van der Waals surface area (Å²) >= 11 is 2.03. The number of carbonyl (C=O) groups is 1. The number of halogens is 1. The second-order valence-electron chi connectivity index (χ2n) is 2.25. The van der Waals surface area contributed by atoms with Crippen LogP contribution in [0.3, 0.4) is 0 Å². The third-order valence-electron chi connectivity index (χ3n) is 1.29. The zero-order chi connectivity index (χ0) is 9.84. The number of aromatic hydroxyl groups is 2. The van der Waals surface area contributed by atoms with Gasteiger partial charge in [-0.3, -0.25) is 0 Å². The van der Waals surface area contributed by atoms with Gasteiger partial charge in [-0.25, -0.2) is 4.79 Å². The van der Waals surface area contributed by atoms with E-state index in [1.54, 1.807) is 0 Å². The fraction of sp³-hybridized carbons (Fsp3) is 0.286. The van der Waals surface area contributed by atoms with Crippen LogP contribution in [0.5, 0.6) is 11.8 Å². The van der Waals surface area contributed by atoms with Crippen LogP contribution in [0.4, 0.5) is 0 Å². The van der Waals surface area contributed by atoms with Gasteiger partial charge in [0.1, 0.15) is 0 Å². The maximum Gasteiger partial charge on any atom is 0.334 e. The van der Waals surface area contributed by atoms with Crippen molar-refractivity contribution in [3.8, 4) is 11.8 Å². The van der Waals surface area contributed by atoms with Gasteiger partial charge < -0.3 is 15.1 Å². The summed E-state index contributed by atoms with van der Waals surface area (Å²) in [6.45, 7) is 0. The third-order valence-corrected chi connectivity index (χ3v) is 1.83. The maximum absolute atomic E-state index is 10.9. The Morgan fingerprint density at radius 2 is 2.00 bits per heavy atom. The minimum absolute atomic E-state index is 0.234. The first-order valence-corrected chi connectivity index (χ1v) is 5.04. The number of rotatable bonds is 3. The van der Waals surface area contributed by atoms with Crippen LogP contribution >= 0.6 is 22.6 Å². The fourth-order valence-electron chi connectivity index (χ4n) is 0.720. The number of hydrogen-bond donors (Lipinski definition) is 2. The van der Waals surface area contributed by atoms with E-state index in [9.17, 15) is 4.79 Å². The molecule has 0 amide bonds. The zero-order valence-electron chi connectivity index (χ0n) is 6.61. The standard InChI is InChI=1S/C7H8INO4/c8-4-3-7(12)13-9-5(10)1-2-6(9)11/h1-2,10-11H,3-4H2. The molecule has 5 nitrogen and oxygen atoms in total. The SMILES string of the molecule is O=C(CCI)On1c(O)ccc1O. The average Bonchev–Trinajstić information content (AvgIpc) is 2.36. The van der Waals surface area contributed by atoms with Crippen molar-refractivity contribution >= 4 is 28.6 Å². The molecule has 72 valence electrons. The molecular weight excluding hydrogens is 289 g/mol. The molecule has 6 heteroatoms. The topological polar surface area (TPSA) is 71.7 Å². The van der Waals surface area contributed by atoms with Gasteiger partial charge in [0.05, 0.1) is 6.42 Å². The average molecular weight is 297 g/mol. The van der Waals surface area contributed by atoms with Gasteiger partial charge in [-0.15, -0.1) is 4.73 Å². The van der Waals surface area contributed by atoms with E-state index in [1.165, 1.54) is 12.1 Å². The van der Waals surface area contributed by atoms with Crippen molar-refractivity contribution in [2.24, 2.45) is 0 Å². The van der Waals surface area contributed by atoms with Crippen LogP contribution < -0.4 is 4.84 Å². The van der Waals surface area contributed by atoms with E-state index >= 15 is 0 Å². The summed E-state index contributed by atoms with van der Waals surface area (Å²) in [7, 11) is 0. The fourth-order valence-corrected chi connectivity index (χ4v) is 1.16. The first kappa shape index (κ1) is 10.2. The molecule has 0 bridgehead atoms. The van der Waals surface area contributed by atoms with E-state index in [0.717, 1.165) is 0 Å². The quantitative estimate of drug-likeness (QED) is 0.636. The smallest absolute Gasteiger partial charge is 0.334 e. The van der Waals surface area contributed by atoms with Crippen LogP contribution in [0, 0.1) is 0 Å². The summed E-state index contributed by atoms with van der Waals surface area (Å²) in [5.74, 6) is -1.12. The molecule has 1 heterocycles. The lowest BCUT2D eigenvalue weighted by atomic mass is 10.5. The normalized spacial score (nSPS) is 9.92. The second kappa shape index (κ2) is 4.35. The van der Waals surface area contributed by atoms with Crippen molar-refractivity contribution in [2.45, 2.75) is 6.42 Å². The number of carbonyl (C=O) groups excluding carboxylic acids is 1. The molecule has 1 rings (SSSR count). The van der Waals surface area contributed by atoms with Crippen molar-refractivity contribution in [1.82, 2.24) is 4.73 Å². The summed E-state index contributed by atoms with van der Waals surface area (Å²) < 4.78 is 1.30. The van der Waals surface area contributed by atoms with Gasteiger partial charge in [-0.2, -0.15) is 0 Å². The summed E-state index contributed by atoms with van der Waals surface area (Å²) in [5, 5.41) is 18.1. The highest BCUT2D eigenvalue weighted by molar-refractivity contribution is 14.1. The molecule has 1 aromatic heterocycles. The van der Waals surface area contributed by atoms with Crippen LogP contribution in [0.25, 0.3) is 0 Å². The lowest BCUT2D eigenvalue weighted by molar-refractivity contribution is -0.144. The lowest BCUT2D eigenvalue weighted by Gasteiger charge is -2.05. The second-order valence-corrected chi connectivity index (χ2v) is 3.33. The minimum Gasteiger partial charge on any atom is -0.492 e. The molecule has 0 fully saturated rings. The number of hydrogen-bond acceptors (Lipinski definition) is 4. The number of nitrogens with zero attached hydrogens (tertiary/aromatic N) is 1. The molecule has 0 saturated carbocycles. The van der Waals surface area contributed by atoms with Crippen LogP contribution in [-0.4, -0.2) is 25.3 Å². The monoisotopic (exact) mass is 297 g/mol. The summed E-state index contributed by atoms with van der Waals surface area (Å²) in [4.78, 5) is 15.6. The number of alkyl halides is 1. The number of aromatic nitrogens is 1. The van der Waals surface area contributed by atoms with E-state index in [0.29, 0.717) is 9.16 Å². The molecule has 0 aliphatic heterocycles. The zero-order valence-corrected chi connectivity index (χ0v) is 8.76. The van der Waals surface area contributed by atoms with Crippen molar-refractivity contribution in [2.75, 3.05) is 4.43 Å². The molecule has 0 saturated heterocycles. The molecule has 1 aromatic rings. The first-order chi connectivity index (χ1) is 6.15. The Labute approximate surface area is 88.0 Å². The predicted octanol–water partition coefficient (Wildman–Crippen LogP) is 0.680. The maximum atomic E-state index is 10.9. The van der Waals surface area contributed by atoms with Crippen molar-refractivity contribution < 1.29 is 19.8 Å². The Morgan fingerprint density at radius 1 is 1.46 bits per heavy atom. The highest BCUT2D eigenvalue weighted by atomic mass is 127. The molecule has 0 unspecified atom stereocenters. The molecule has 0 aliphatic carbocycles. The van der Waals surface area contributed by atoms with Gasteiger partial charge in [0, 0.05) is 16.6 Å². The van der Waals surface area contributed by atoms with Gasteiger partial charge in [0.25, 0.3) is 0 Å². The van der Waals surface area contributed by atoms with E-state index in [1.807, 2.05) is 22.6 Å². The van der Waals surface area contributed by atoms with Crippen LogP contribution in [0.1, 0.15) is 6.42 Å². The van der Waals surface area contributed by atoms with Crippen molar-refractivity contribution in [1.29, 1.82) is 0 Å². The van der Waals surface area contributed by atoms with Crippen LogP contribution in [0.2, 0.25) is 0 Å². The molecule has 0 atom stereocenters. The Bertz CT molecular complexity index is 290. The lowest BCUT2D eigenvalue weighted by Crippen LogP contribution is -2.18. The van der Waals surface area contributed by atoms with Gasteiger partial charge >= 0.3 is 5.97 Å². The van der Waals surface area contributed by atoms with Crippen LogP contribution in [-0.2, 0) is 4.79 Å². The van der Waals surface area contributed by atoms with E-state index < -0.39 is 5.97 Å². The molecule has 0 aromatic carbocycles. The Morgan fingerprint density at radius 3 is 2.46 bits per heavy atom. The first-order valence-electron chi connectivity index (χ1n) is 3.52. The minimum atomic E-state index is -0.504. The summed E-state index contributed by atoms with van der Waals surface area (Å²) in [6.07, 6.45) is 0.234. The summed E-state index contributed by atoms with van der Waals surface area (Å²) in [6, 6.07) is 2.46. The molecule has 0 aliphatic rings. The predicted molar refractivity (Wildman–Crippen MR) is 52.9 cm³/mol. The van der Waals surface area contributed by atoms with Gasteiger partial charge in [0.2, 0.25) is 11.8 Å². The molecule has 0 spiro atoms. The highest BCUT2D eigenvalue weighted by Crippen LogP contribution is 2.18. The Hall–Kier alpha value is -0.920. The Balaban J connectivity index is 2.68. The Kier molecular flexibility index (Phi) is 3.40. The van der Waals surface area contributed by atoms with Crippen molar-refractivity contribution in [3.63, 3.8) is 0 Å². The molecule has 2 N–H and O–H groups in total. The van der Waals surface area contributed by atoms with Crippen molar-refractivity contribution in [3.05, 3.63) is 12.1 Å². The summed E-state index contributed by atoms with van der Waals surface area (Å²) in [5.41, 5.74) is 0. The van der Waals surface area contributed by atoms with Crippen LogP contribution in [0.15, 0.2) is 12.1 Å². The molecular formula is C7H8INO4. The van der Waals surface area contributed by atoms with E-state index in [2.05, 4.69) is 4.84 Å². The molecule has 0 radical (unpaired) electrons.